The summed E-state index contributed by atoms with van der Waals surface area (Å²) in [6.45, 7) is 0. The maximum Gasteiger partial charge on any atom is 0.164 e. The quantitative estimate of drug-likeness (QED) is 0.185. The van der Waals surface area contributed by atoms with Gasteiger partial charge in [-0.1, -0.05) is 115 Å². The summed E-state index contributed by atoms with van der Waals surface area (Å²) >= 11 is 0. The summed E-state index contributed by atoms with van der Waals surface area (Å²) in [5, 5.41) is 4.52. The first kappa shape index (κ1) is 29.0. The SMILES string of the molecule is Fc1ccc(-c2nc(-c3ccccc3)nc(-c3cccc(-n4c5ccccc5c5ccccc54)c3)n2)cc1-n1c2ccccc2c2ccccc21. The minimum absolute atomic E-state index is 0.332. The highest BCUT2D eigenvalue weighted by atomic mass is 19.1. The van der Waals surface area contributed by atoms with Crippen molar-refractivity contribution in [1.82, 2.24) is 24.1 Å². The van der Waals surface area contributed by atoms with Crippen molar-refractivity contribution in [3.63, 3.8) is 0 Å². The van der Waals surface area contributed by atoms with E-state index in [1.165, 1.54) is 16.8 Å². The van der Waals surface area contributed by atoms with Crippen LogP contribution in [0.3, 0.4) is 0 Å². The molecule has 240 valence electrons. The van der Waals surface area contributed by atoms with E-state index < -0.39 is 0 Å². The Kier molecular flexibility index (Phi) is 6.61. The number of rotatable bonds is 5. The summed E-state index contributed by atoms with van der Waals surface area (Å²) in [5.74, 6) is 1.20. The molecule has 0 aliphatic carbocycles. The lowest BCUT2D eigenvalue weighted by molar-refractivity contribution is 0.621. The second kappa shape index (κ2) is 11.6. The number of aromatic nitrogens is 5. The average molecular weight is 658 g/mol. The number of benzene rings is 7. The molecule has 0 atom stereocenters. The smallest absolute Gasteiger partial charge is 0.164 e. The van der Waals surface area contributed by atoms with Crippen LogP contribution in [0.15, 0.2) is 170 Å². The van der Waals surface area contributed by atoms with E-state index in [4.69, 9.17) is 15.0 Å². The van der Waals surface area contributed by atoms with Crippen LogP contribution in [0.25, 0.3) is 89.2 Å². The summed E-state index contributed by atoms with van der Waals surface area (Å²) in [6, 6.07) is 56.4. The highest BCUT2D eigenvalue weighted by Crippen LogP contribution is 2.36. The van der Waals surface area contributed by atoms with E-state index in [1.807, 2.05) is 89.5 Å². The molecule has 0 aliphatic rings. The van der Waals surface area contributed by atoms with Crippen molar-refractivity contribution in [2.45, 2.75) is 0 Å². The van der Waals surface area contributed by atoms with Crippen LogP contribution < -0.4 is 0 Å². The largest absolute Gasteiger partial charge is 0.309 e. The average Bonchev–Trinajstić information content (AvgIpc) is 3.71. The van der Waals surface area contributed by atoms with Crippen molar-refractivity contribution in [2.75, 3.05) is 0 Å². The van der Waals surface area contributed by atoms with Gasteiger partial charge in [0.2, 0.25) is 0 Å². The summed E-state index contributed by atoms with van der Waals surface area (Å²) in [6.07, 6.45) is 0. The first-order valence-corrected chi connectivity index (χ1v) is 16.9. The second-order valence-corrected chi connectivity index (χ2v) is 12.6. The van der Waals surface area contributed by atoms with Gasteiger partial charge in [0, 0.05) is 43.9 Å². The molecule has 5 nitrogen and oxygen atoms in total. The monoisotopic (exact) mass is 657 g/mol. The lowest BCUT2D eigenvalue weighted by Gasteiger charge is -2.13. The number of para-hydroxylation sites is 4. The lowest BCUT2D eigenvalue weighted by atomic mass is 10.1. The Morgan fingerprint density at radius 3 is 1.33 bits per heavy atom. The molecule has 0 spiro atoms. The molecule has 3 heterocycles. The zero-order valence-corrected chi connectivity index (χ0v) is 27.3. The Morgan fingerprint density at radius 2 is 0.784 bits per heavy atom. The third-order valence-electron chi connectivity index (χ3n) is 9.64. The van der Waals surface area contributed by atoms with Crippen molar-refractivity contribution in [3.05, 3.63) is 176 Å². The van der Waals surface area contributed by atoms with Gasteiger partial charge in [0.25, 0.3) is 0 Å². The number of fused-ring (bicyclic) bond motifs is 6. The van der Waals surface area contributed by atoms with Crippen LogP contribution in [-0.2, 0) is 0 Å². The topological polar surface area (TPSA) is 48.5 Å². The maximum atomic E-state index is 15.9. The zero-order valence-electron chi connectivity index (χ0n) is 27.3. The normalized spacial score (nSPS) is 11.6. The Labute approximate surface area is 292 Å². The molecule has 0 bridgehead atoms. The highest BCUT2D eigenvalue weighted by molar-refractivity contribution is 6.10. The van der Waals surface area contributed by atoms with Crippen molar-refractivity contribution < 1.29 is 4.39 Å². The summed E-state index contributed by atoms with van der Waals surface area (Å²) in [4.78, 5) is 15.0. The molecule has 6 heteroatoms. The molecule has 7 aromatic carbocycles. The zero-order chi connectivity index (χ0) is 33.9. The summed E-state index contributed by atoms with van der Waals surface area (Å²) in [7, 11) is 0. The van der Waals surface area contributed by atoms with Gasteiger partial charge in [-0.25, -0.2) is 19.3 Å². The molecule has 0 fully saturated rings. The van der Waals surface area contributed by atoms with Gasteiger partial charge >= 0.3 is 0 Å². The van der Waals surface area contributed by atoms with Gasteiger partial charge in [0.05, 0.1) is 27.8 Å². The van der Waals surface area contributed by atoms with Crippen LogP contribution in [0.1, 0.15) is 0 Å². The van der Waals surface area contributed by atoms with E-state index >= 15 is 4.39 Å². The maximum absolute atomic E-state index is 15.9. The van der Waals surface area contributed by atoms with Gasteiger partial charge in [-0.15, -0.1) is 0 Å². The number of halogens is 1. The standard InChI is InChI=1S/C45H28FN5/c46-37-26-25-31(28-42(37)51-40-23-10-6-19-35(40)36-20-7-11-24-41(36)51)45-48-43(29-13-2-1-3-14-29)47-44(49-45)30-15-12-16-32(27-30)50-38-21-8-4-17-33(38)34-18-5-9-22-39(34)50/h1-28H. The van der Waals surface area contributed by atoms with Crippen LogP contribution in [0.4, 0.5) is 4.39 Å². The molecular weight excluding hydrogens is 630 g/mol. The molecule has 0 unspecified atom stereocenters. The first-order chi connectivity index (χ1) is 25.2. The third kappa shape index (κ3) is 4.72. The van der Waals surface area contributed by atoms with Gasteiger partial charge in [-0.2, -0.15) is 0 Å². The van der Waals surface area contributed by atoms with Crippen molar-refractivity contribution in [2.24, 2.45) is 0 Å². The summed E-state index contributed by atoms with van der Waals surface area (Å²) in [5.41, 5.74) is 7.95. The number of hydrogen-bond donors (Lipinski definition) is 0. The first-order valence-electron chi connectivity index (χ1n) is 16.9. The fourth-order valence-electron chi connectivity index (χ4n) is 7.34. The molecule has 0 saturated heterocycles. The van der Waals surface area contributed by atoms with Gasteiger partial charge in [0.1, 0.15) is 5.82 Å². The van der Waals surface area contributed by atoms with E-state index in [-0.39, 0.29) is 5.82 Å². The molecule has 0 saturated carbocycles. The van der Waals surface area contributed by atoms with Crippen LogP contribution in [0.2, 0.25) is 0 Å². The van der Waals surface area contributed by atoms with E-state index in [9.17, 15) is 0 Å². The van der Waals surface area contributed by atoms with Crippen LogP contribution >= 0.6 is 0 Å². The van der Waals surface area contributed by atoms with E-state index in [1.54, 1.807) is 6.07 Å². The van der Waals surface area contributed by atoms with Gasteiger partial charge in [-0.3, -0.25) is 0 Å². The van der Waals surface area contributed by atoms with E-state index in [0.29, 0.717) is 28.7 Å². The van der Waals surface area contributed by atoms with Crippen LogP contribution in [0.5, 0.6) is 0 Å². The van der Waals surface area contributed by atoms with E-state index in [2.05, 4.69) is 77.4 Å². The molecule has 0 aliphatic heterocycles. The van der Waals surface area contributed by atoms with Crippen LogP contribution in [0, 0.1) is 5.82 Å². The molecule has 0 amide bonds. The predicted molar refractivity (Wildman–Crippen MR) is 205 cm³/mol. The van der Waals surface area contributed by atoms with Crippen molar-refractivity contribution >= 4 is 43.6 Å². The van der Waals surface area contributed by atoms with Gasteiger partial charge in [-0.05, 0) is 54.6 Å². The molecule has 0 radical (unpaired) electrons. The Bertz CT molecular complexity index is 2830. The molecule has 51 heavy (non-hydrogen) atoms. The molecule has 10 aromatic rings. The Hall–Kier alpha value is -6.92. The van der Waals surface area contributed by atoms with Gasteiger partial charge in [0.15, 0.2) is 17.5 Å². The Balaban J connectivity index is 1.17. The highest BCUT2D eigenvalue weighted by Gasteiger charge is 2.19. The van der Waals surface area contributed by atoms with Crippen LogP contribution in [-0.4, -0.2) is 24.1 Å². The Morgan fingerprint density at radius 1 is 0.353 bits per heavy atom. The molecule has 10 rings (SSSR count). The fraction of sp³-hybridized carbons (Fsp3) is 0. The molecule has 0 N–H and O–H groups in total. The minimum Gasteiger partial charge on any atom is -0.309 e. The third-order valence-corrected chi connectivity index (χ3v) is 9.64. The second-order valence-electron chi connectivity index (χ2n) is 12.6. The lowest BCUT2D eigenvalue weighted by Crippen LogP contribution is -2.03. The number of hydrogen-bond acceptors (Lipinski definition) is 3. The van der Waals surface area contributed by atoms with Gasteiger partial charge < -0.3 is 9.13 Å². The molecule has 3 aromatic heterocycles. The van der Waals surface area contributed by atoms with Crippen molar-refractivity contribution in [3.8, 4) is 45.5 Å². The number of nitrogens with zero attached hydrogens (tertiary/aromatic N) is 5. The minimum atomic E-state index is -0.332. The predicted octanol–water partition coefficient (Wildman–Crippen LogP) is 11.2. The molecular formula is C45H28FN5. The summed E-state index contributed by atoms with van der Waals surface area (Å²) < 4.78 is 20.2. The fourth-order valence-corrected chi connectivity index (χ4v) is 7.34. The van der Waals surface area contributed by atoms with E-state index in [0.717, 1.165) is 49.7 Å². The van der Waals surface area contributed by atoms with Crippen molar-refractivity contribution in [1.29, 1.82) is 0 Å².